The van der Waals surface area contributed by atoms with E-state index < -0.39 is 0 Å². The van der Waals surface area contributed by atoms with Crippen LogP contribution < -0.4 is 10.6 Å². The van der Waals surface area contributed by atoms with Crippen molar-refractivity contribution in [3.8, 4) is 0 Å². The molecule has 0 atom stereocenters. The van der Waals surface area contributed by atoms with E-state index in [-0.39, 0.29) is 0 Å². The third-order valence-corrected chi connectivity index (χ3v) is 4.04. The molecule has 1 aromatic heterocycles. The fourth-order valence-electron chi connectivity index (χ4n) is 2.53. The van der Waals surface area contributed by atoms with Gasteiger partial charge in [-0.3, -0.25) is 4.68 Å². The molecule has 0 aliphatic carbocycles. The predicted molar refractivity (Wildman–Crippen MR) is 98.8 cm³/mol. The molecule has 0 radical (unpaired) electrons. The Morgan fingerprint density at radius 1 is 1.17 bits per heavy atom. The molecular weight excluding hydrogens is 286 g/mol. The maximum absolute atomic E-state index is 4.71. The molecule has 1 heterocycles. The van der Waals surface area contributed by atoms with Gasteiger partial charge < -0.3 is 10.6 Å². The van der Waals surface area contributed by atoms with Crippen LogP contribution in [-0.2, 0) is 13.6 Å². The molecule has 132 valence electrons. The molecular formula is C18H35N5. The summed E-state index contributed by atoms with van der Waals surface area (Å²) >= 11 is 0. The van der Waals surface area contributed by atoms with Gasteiger partial charge in [0.15, 0.2) is 5.96 Å². The van der Waals surface area contributed by atoms with Crippen molar-refractivity contribution in [1.82, 2.24) is 20.4 Å². The zero-order valence-electron chi connectivity index (χ0n) is 16.1. The van der Waals surface area contributed by atoms with Crippen molar-refractivity contribution in [2.75, 3.05) is 13.1 Å². The van der Waals surface area contributed by atoms with Gasteiger partial charge in [0.25, 0.3) is 0 Å². The number of aryl methyl sites for hydroxylation is 2. The summed E-state index contributed by atoms with van der Waals surface area (Å²) in [5.41, 5.74) is 3.90. The lowest BCUT2D eigenvalue weighted by molar-refractivity contribution is 0.360. The van der Waals surface area contributed by atoms with E-state index in [0.717, 1.165) is 24.7 Å². The van der Waals surface area contributed by atoms with Gasteiger partial charge in [-0.1, -0.05) is 27.2 Å². The van der Waals surface area contributed by atoms with Crippen molar-refractivity contribution in [3.05, 3.63) is 17.0 Å². The SMILES string of the molecule is CCNC(=NCc1c(C)nn(C)c1C)NCCCCC(C)(C)C. The molecule has 0 unspecified atom stereocenters. The second-order valence-corrected chi connectivity index (χ2v) is 7.41. The number of unbranched alkanes of at least 4 members (excludes halogenated alkanes) is 1. The van der Waals surface area contributed by atoms with Gasteiger partial charge in [0.05, 0.1) is 12.2 Å². The summed E-state index contributed by atoms with van der Waals surface area (Å²) in [5, 5.41) is 11.2. The Hall–Kier alpha value is -1.52. The van der Waals surface area contributed by atoms with Gasteiger partial charge in [0.2, 0.25) is 0 Å². The molecule has 2 N–H and O–H groups in total. The monoisotopic (exact) mass is 321 g/mol. The van der Waals surface area contributed by atoms with E-state index in [4.69, 9.17) is 4.99 Å². The summed E-state index contributed by atoms with van der Waals surface area (Å²) in [4.78, 5) is 4.71. The zero-order valence-corrected chi connectivity index (χ0v) is 16.1. The molecule has 0 saturated heterocycles. The molecule has 0 amide bonds. The first-order valence-electron chi connectivity index (χ1n) is 8.76. The highest BCUT2D eigenvalue weighted by Crippen LogP contribution is 2.21. The van der Waals surface area contributed by atoms with Crippen LogP contribution in [0, 0.1) is 19.3 Å². The van der Waals surface area contributed by atoms with Crippen LogP contribution in [0.4, 0.5) is 0 Å². The summed E-state index contributed by atoms with van der Waals surface area (Å²) in [6, 6.07) is 0. The summed E-state index contributed by atoms with van der Waals surface area (Å²) in [5.74, 6) is 0.894. The molecule has 23 heavy (non-hydrogen) atoms. The fourth-order valence-corrected chi connectivity index (χ4v) is 2.53. The molecule has 1 rings (SSSR count). The van der Waals surface area contributed by atoms with E-state index in [2.05, 4.69) is 50.4 Å². The summed E-state index contributed by atoms with van der Waals surface area (Å²) < 4.78 is 1.92. The quantitative estimate of drug-likeness (QED) is 0.460. The third kappa shape index (κ3) is 7.06. The van der Waals surface area contributed by atoms with Crippen LogP contribution in [0.15, 0.2) is 4.99 Å². The first-order chi connectivity index (χ1) is 10.7. The predicted octanol–water partition coefficient (Wildman–Crippen LogP) is 3.31. The van der Waals surface area contributed by atoms with Crippen molar-refractivity contribution >= 4 is 5.96 Å². The van der Waals surface area contributed by atoms with Gasteiger partial charge >= 0.3 is 0 Å². The van der Waals surface area contributed by atoms with Gasteiger partial charge in [0.1, 0.15) is 0 Å². The Kier molecular flexibility index (Phi) is 7.59. The van der Waals surface area contributed by atoms with Crippen LogP contribution in [0.25, 0.3) is 0 Å². The standard InChI is InChI=1S/C18H35N5/c1-8-19-17(20-12-10-9-11-18(4,5)6)21-13-16-14(2)22-23(7)15(16)3/h8-13H2,1-7H3,(H2,19,20,21). The number of rotatable bonds is 7. The van der Waals surface area contributed by atoms with E-state index in [0.29, 0.717) is 12.0 Å². The number of hydrogen-bond donors (Lipinski definition) is 2. The second kappa shape index (κ2) is 8.94. The molecule has 0 saturated carbocycles. The number of aromatic nitrogens is 2. The average molecular weight is 322 g/mol. The number of hydrogen-bond acceptors (Lipinski definition) is 2. The van der Waals surface area contributed by atoms with Crippen molar-refractivity contribution in [1.29, 1.82) is 0 Å². The zero-order chi connectivity index (χ0) is 17.5. The Bertz CT molecular complexity index is 508. The Labute approximate surface area is 142 Å². The largest absolute Gasteiger partial charge is 0.357 e. The lowest BCUT2D eigenvalue weighted by Crippen LogP contribution is -2.37. The van der Waals surface area contributed by atoms with Crippen molar-refractivity contribution < 1.29 is 0 Å². The van der Waals surface area contributed by atoms with Crippen LogP contribution in [-0.4, -0.2) is 28.8 Å². The van der Waals surface area contributed by atoms with E-state index >= 15 is 0 Å². The maximum Gasteiger partial charge on any atom is 0.191 e. The molecule has 0 aliphatic heterocycles. The Morgan fingerprint density at radius 2 is 1.87 bits per heavy atom. The van der Waals surface area contributed by atoms with Crippen LogP contribution in [0.2, 0.25) is 0 Å². The minimum absolute atomic E-state index is 0.425. The van der Waals surface area contributed by atoms with E-state index in [1.54, 1.807) is 0 Å². The molecule has 0 spiro atoms. The molecule has 1 aromatic rings. The normalized spacial score (nSPS) is 12.6. The van der Waals surface area contributed by atoms with Crippen LogP contribution in [0.5, 0.6) is 0 Å². The van der Waals surface area contributed by atoms with Gasteiger partial charge in [0, 0.05) is 31.4 Å². The van der Waals surface area contributed by atoms with Crippen molar-refractivity contribution in [2.45, 2.75) is 67.3 Å². The third-order valence-electron chi connectivity index (χ3n) is 4.04. The molecule has 5 nitrogen and oxygen atoms in total. The summed E-state index contributed by atoms with van der Waals surface area (Å²) in [6.45, 7) is 15.6. The summed E-state index contributed by atoms with van der Waals surface area (Å²) in [7, 11) is 1.98. The Morgan fingerprint density at radius 3 is 2.39 bits per heavy atom. The lowest BCUT2D eigenvalue weighted by Gasteiger charge is -2.18. The molecule has 5 heteroatoms. The topological polar surface area (TPSA) is 54.2 Å². The van der Waals surface area contributed by atoms with E-state index in [1.165, 1.54) is 30.5 Å². The Balaban J connectivity index is 2.50. The number of nitrogens with zero attached hydrogens (tertiary/aromatic N) is 3. The average Bonchev–Trinajstić information content (AvgIpc) is 2.68. The van der Waals surface area contributed by atoms with Gasteiger partial charge in [-0.15, -0.1) is 0 Å². The first kappa shape index (κ1) is 19.5. The van der Waals surface area contributed by atoms with Crippen molar-refractivity contribution in [2.24, 2.45) is 17.5 Å². The highest BCUT2D eigenvalue weighted by Gasteiger charge is 2.10. The van der Waals surface area contributed by atoms with E-state index in [1.807, 2.05) is 18.7 Å². The first-order valence-corrected chi connectivity index (χ1v) is 8.76. The van der Waals surface area contributed by atoms with E-state index in [9.17, 15) is 0 Å². The maximum atomic E-state index is 4.71. The number of guanidine groups is 1. The number of nitrogens with one attached hydrogen (secondary N) is 2. The lowest BCUT2D eigenvalue weighted by atomic mass is 9.90. The van der Waals surface area contributed by atoms with Gasteiger partial charge in [-0.05, 0) is 39.0 Å². The fraction of sp³-hybridized carbons (Fsp3) is 0.778. The van der Waals surface area contributed by atoms with Gasteiger partial charge in [-0.25, -0.2) is 4.99 Å². The van der Waals surface area contributed by atoms with Gasteiger partial charge in [-0.2, -0.15) is 5.10 Å². The summed E-state index contributed by atoms with van der Waals surface area (Å²) in [6.07, 6.45) is 3.68. The highest BCUT2D eigenvalue weighted by molar-refractivity contribution is 5.79. The number of aliphatic imine (C=N–C) groups is 1. The molecule has 0 aromatic carbocycles. The second-order valence-electron chi connectivity index (χ2n) is 7.41. The van der Waals surface area contributed by atoms with Crippen LogP contribution >= 0.6 is 0 Å². The minimum atomic E-state index is 0.425. The molecule has 0 fully saturated rings. The smallest absolute Gasteiger partial charge is 0.191 e. The van der Waals surface area contributed by atoms with Crippen LogP contribution in [0.3, 0.4) is 0 Å². The minimum Gasteiger partial charge on any atom is -0.357 e. The molecule has 0 bridgehead atoms. The van der Waals surface area contributed by atoms with Crippen LogP contribution in [0.1, 0.15) is 63.9 Å². The highest BCUT2D eigenvalue weighted by atomic mass is 15.3. The van der Waals surface area contributed by atoms with Crippen molar-refractivity contribution in [3.63, 3.8) is 0 Å². The molecule has 0 aliphatic rings.